The number of nitrogens with zero attached hydrogens (tertiary/aromatic N) is 3. The molecule has 1 saturated heterocycles. The van der Waals surface area contributed by atoms with E-state index in [2.05, 4.69) is 14.6 Å². The summed E-state index contributed by atoms with van der Waals surface area (Å²) in [6.45, 7) is 3.27. The molecule has 11 heteroatoms. The van der Waals surface area contributed by atoms with E-state index < -0.39 is 17.3 Å². The minimum atomic E-state index is -4.54. The monoisotopic (exact) mass is 568 g/mol. The van der Waals surface area contributed by atoms with E-state index in [9.17, 15) is 22.8 Å². The molecule has 0 radical (unpaired) electrons. The van der Waals surface area contributed by atoms with Crippen molar-refractivity contribution in [2.24, 2.45) is 4.99 Å². The molecule has 1 N–H and O–H groups in total. The minimum Gasteiger partial charge on any atom is -0.312 e. The van der Waals surface area contributed by atoms with Crippen molar-refractivity contribution >= 4 is 41.6 Å². The van der Waals surface area contributed by atoms with Crippen LogP contribution in [0.1, 0.15) is 45.5 Å². The van der Waals surface area contributed by atoms with E-state index in [4.69, 9.17) is 11.6 Å². The lowest BCUT2D eigenvalue weighted by molar-refractivity contribution is -0.137. The summed E-state index contributed by atoms with van der Waals surface area (Å²) in [5.74, 6) is 0.706. The minimum absolute atomic E-state index is 0.0648. The zero-order valence-electron chi connectivity index (χ0n) is 21.9. The smallest absolute Gasteiger partial charge is 0.312 e. The summed E-state index contributed by atoms with van der Waals surface area (Å²) in [5, 5.41) is 2.60. The third-order valence-corrected chi connectivity index (χ3v) is 7.51. The molecular weight excluding hydrogens is 537 g/mol. The highest BCUT2D eigenvalue weighted by Gasteiger charge is 2.46. The number of piperidine rings is 1. The van der Waals surface area contributed by atoms with Crippen LogP contribution in [0.3, 0.4) is 0 Å². The number of amidine groups is 1. The van der Waals surface area contributed by atoms with Crippen molar-refractivity contribution in [3.63, 3.8) is 0 Å². The van der Waals surface area contributed by atoms with Crippen LogP contribution in [0.15, 0.2) is 41.4 Å². The van der Waals surface area contributed by atoms with Crippen molar-refractivity contribution in [3.8, 4) is 0 Å². The molecule has 0 bridgehead atoms. The Bertz CT molecular complexity index is 1190. The van der Waals surface area contributed by atoms with Gasteiger partial charge in [-0.25, -0.2) is 0 Å². The van der Waals surface area contributed by atoms with Gasteiger partial charge in [0.05, 0.1) is 5.56 Å². The number of carbonyl (C=O) groups is 2. The number of hydrogen-bond acceptors (Lipinski definition) is 6. The first-order valence-corrected chi connectivity index (χ1v) is 13.5. The van der Waals surface area contributed by atoms with Gasteiger partial charge in [0, 0.05) is 35.0 Å². The fourth-order valence-electron chi connectivity index (χ4n) is 4.23. The van der Waals surface area contributed by atoms with Gasteiger partial charge in [0.2, 0.25) is 0 Å². The highest BCUT2D eigenvalue weighted by molar-refractivity contribution is 7.97. The Morgan fingerprint density at radius 2 is 1.82 bits per heavy atom. The second kappa shape index (κ2) is 12.6. The fraction of sp³-hybridized carbons (Fsp3) is 0.444. The third kappa shape index (κ3) is 7.81. The van der Waals surface area contributed by atoms with Crippen molar-refractivity contribution in [1.29, 1.82) is 0 Å². The van der Waals surface area contributed by atoms with Crippen molar-refractivity contribution < 1.29 is 22.8 Å². The Morgan fingerprint density at radius 3 is 2.39 bits per heavy atom. The third-order valence-electron chi connectivity index (χ3n) is 6.18. The molecule has 0 aromatic heterocycles. The number of halogens is 4. The van der Waals surface area contributed by atoms with Gasteiger partial charge in [-0.2, -0.15) is 13.2 Å². The highest BCUT2D eigenvalue weighted by atomic mass is 35.5. The van der Waals surface area contributed by atoms with E-state index in [1.807, 2.05) is 51.2 Å². The Labute approximate surface area is 230 Å². The first kappa shape index (κ1) is 30.1. The number of benzene rings is 2. The molecule has 2 aromatic rings. The maximum absolute atomic E-state index is 13.2. The molecule has 4 rings (SSSR count). The van der Waals surface area contributed by atoms with Crippen LogP contribution in [0.2, 0.25) is 5.02 Å². The fourth-order valence-corrected chi connectivity index (χ4v) is 5.47. The highest BCUT2D eigenvalue weighted by Crippen LogP contribution is 2.36. The van der Waals surface area contributed by atoms with Crippen LogP contribution < -0.4 is 5.32 Å². The Balaban J connectivity index is 0.000000934. The molecule has 0 unspecified atom stereocenters. The predicted molar refractivity (Wildman–Crippen MR) is 147 cm³/mol. The Kier molecular flexibility index (Phi) is 10.0. The maximum atomic E-state index is 13.2. The lowest BCUT2D eigenvalue weighted by atomic mass is 9.89. The molecule has 2 aromatic carbocycles. The molecule has 0 saturated carbocycles. The summed E-state index contributed by atoms with van der Waals surface area (Å²) in [5.41, 5.74) is 1.25. The second-order valence-corrected chi connectivity index (χ2v) is 11.4. The number of aryl methyl sites for hydroxylation is 2. The molecule has 6 nitrogen and oxygen atoms in total. The van der Waals surface area contributed by atoms with Gasteiger partial charge in [0.15, 0.2) is 0 Å². The maximum Gasteiger partial charge on any atom is 0.416 e. The lowest BCUT2D eigenvalue weighted by Gasteiger charge is -2.34. The summed E-state index contributed by atoms with van der Waals surface area (Å²) in [6, 6.07) is 8.86. The molecule has 1 amide bonds. The number of hydrogen-bond donors (Lipinski definition) is 1. The Hall–Kier alpha value is -2.40. The van der Waals surface area contributed by atoms with E-state index >= 15 is 0 Å². The first-order chi connectivity index (χ1) is 17.8. The largest absolute Gasteiger partial charge is 0.416 e. The van der Waals surface area contributed by atoms with Crippen LogP contribution in [0.4, 0.5) is 13.2 Å². The summed E-state index contributed by atoms with van der Waals surface area (Å²) >= 11 is 7.59. The molecule has 2 heterocycles. The second-order valence-electron chi connectivity index (χ2n) is 9.83. The molecule has 206 valence electrons. The van der Waals surface area contributed by atoms with E-state index in [0.29, 0.717) is 31.5 Å². The van der Waals surface area contributed by atoms with Gasteiger partial charge in [0.25, 0.3) is 5.91 Å². The average Bonchev–Trinajstić information content (AvgIpc) is 3.15. The summed E-state index contributed by atoms with van der Waals surface area (Å²) in [6.07, 6.45) is -1.89. The van der Waals surface area contributed by atoms with Crippen LogP contribution >= 0.6 is 23.5 Å². The van der Waals surface area contributed by atoms with Crippen LogP contribution in [-0.4, -0.2) is 72.8 Å². The van der Waals surface area contributed by atoms with Gasteiger partial charge < -0.3 is 10.2 Å². The molecule has 1 fully saturated rings. The lowest BCUT2D eigenvalue weighted by Crippen LogP contribution is -2.47. The molecule has 2 aliphatic heterocycles. The van der Waals surface area contributed by atoms with E-state index in [-0.39, 0.29) is 22.3 Å². The van der Waals surface area contributed by atoms with Crippen molar-refractivity contribution in [1.82, 2.24) is 14.5 Å². The number of aliphatic imine (C=N–C) groups is 1. The van der Waals surface area contributed by atoms with Crippen LogP contribution in [0.25, 0.3) is 0 Å². The van der Waals surface area contributed by atoms with Crippen LogP contribution in [0.5, 0.6) is 0 Å². The molecule has 38 heavy (non-hydrogen) atoms. The topological polar surface area (TPSA) is 65.0 Å². The molecule has 0 atom stereocenters. The normalized spacial score (nSPS) is 17.2. The summed E-state index contributed by atoms with van der Waals surface area (Å²) in [7, 11) is 6.00. The summed E-state index contributed by atoms with van der Waals surface area (Å²) in [4.78, 5) is 30.2. The van der Waals surface area contributed by atoms with Gasteiger partial charge in [-0.05, 0) is 82.7 Å². The van der Waals surface area contributed by atoms with Crippen molar-refractivity contribution in [2.75, 3.05) is 40.0 Å². The van der Waals surface area contributed by atoms with Gasteiger partial charge >= 0.3 is 6.18 Å². The number of carbonyl (C=O) groups excluding carboxylic acids is 2. The zero-order chi connectivity index (χ0) is 28.1. The predicted octanol–water partition coefficient (Wildman–Crippen LogP) is 5.26. The Morgan fingerprint density at radius 1 is 1.16 bits per heavy atom. The number of alkyl halides is 3. The van der Waals surface area contributed by atoms with Crippen molar-refractivity contribution in [3.05, 3.63) is 69.2 Å². The van der Waals surface area contributed by atoms with Gasteiger partial charge in [0.1, 0.15) is 17.7 Å². The number of amides is 1. The van der Waals surface area contributed by atoms with E-state index in [1.54, 1.807) is 11.9 Å². The quantitative estimate of drug-likeness (QED) is 0.380. The molecule has 1 spiro atoms. The average molecular weight is 569 g/mol. The molecule has 0 aliphatic carbocycles. The zero-order valence-corrected chi connectivity index (χ0v) is 23.4. The van der Waals surface area contributed by atoms with Crippen LogP contribution in [-0.2, 0) is 17.4 Å². The molecule has 2 aliphatic rings. The van der Waals surface area contributed by atoms with E-state index in [0.717, 1.165) is 36.2 Å². The van der Waals surface area contributed by atoms with Crippen molar-refractivity contribution in [2.45, 2.75) is 37.9 Å². The van der Waals surface area contributed by atoms with Crippen LogP contribution in [0, 0.1) is 6.92 Å². The van der Waals surface area contributed by atoms with Gasteiger partial charge in [-0.15, -0.1) is 0 Å². The summed E-state index contributed by atoms with van der Waals surface area (Å²) < 4.78 is 41.7. The number of aldehydes is 1. The number of nitrogens with one attached hydrogen (secondary N) is 1. The SMILES string of the molecule is CN(C)C.Cc1cc(C=O)ccc1CCSN1CCC2(CC1)N=C(c1cc(Cl)cc(C(F)(F)F)c1)NC2=O. The standard InChI is InChI=1S/C24H23ClF3N3O2S.C3H9N/c1-15-10-16(14-32)2-3-17(15)4-9-34-31-7-5-23(6-8-31)22(33)29-21(30-23)18-11-19(24(26,27)28)13-20(25)12-18;1-4(2)3/h2-3,10-14H,4-9H2,1H3,(H,29,30,33);1-3H3. The first-order valence-electron chi connectivity index (χ1n) is 12.2. The van der Waals surface area contributed by atoms with Gasteiger partial charge in [-0.3, -0.25) is 18.9 Å². The number of rotatable bonds is 6. The molecular formula is C27H32ClF3N4O2S. The van der Waals surface area contributed by atoms with Gasteiger partial charge in [-0.1, -0.05) is 35.7 Å². The van der Waals surface area contributed by atoms with E-state index in [1.165, 1.54) is 11.6 Å².